The molecule has 0 saturated carbocycles. The maximum Gasteiger partial charge on any atom is 0.333 e. The highest BCUT2D eigenvalue weighted by Gasteiger charge is 2.08. The van der Waals surface area contributed by atoms with Gasteiger partial charge in [0.2, 0.25) is 0 Å². The van der Waals surface area contributed by atoms with Gasteiger partial charge in [-0.2, -0.15) is 0 Å². The van der Waals surface area contributed by atoms with Gasteiger partial charge in [-0.05, 0) is 24.0 Å². The van der Waals surface area contributed by atoms with Crippen molar-refractivity contribution in [3.63, 3.8) is 0 Å². The number of rotatable bonds is 3. The molecule has 0 spiro atoms. The van der Waals surface area contributed by atoms with Crippen molar-refractivity contribution >= 4 is 39.4 Å². The minimum absolute atomic E-state index is 0.421. The van der Waals surface area contributed by atoms with Crippen molar-refractivity contribution in [3.05, 3.63) is 23.8 Å². The number of urea groups is 1. The van der Waals surface area contributed by atoms with Crippen molar-refractivity contribution < 1.29 is 4.79 Å². The van der Waals surface area contributed by atoms with Crippen molar-refractivity contribution in [2.75, 3.05) is 11.6 Å². The average Bonchev–Trinajstić information content (AvgIpc) is 2.28. The number of carbonyl (C=O) groups is 1. The normalized spacial score (nSPS) is 9.80. The van der Waals surface area contributed by atoms with E-state index in [0.717, 1.165) is 16.1 Å². The van der Waals surface area contributed by atoms with Crippen LogP contribution in [0.15, 0.2) is 23.1 Å². The molecule has 0 fully saturated rings. The molecular weight excluding hydrogens is 278 g/mol. The Morgan fingerprint density at radius 3 is 2.87 bits per heavy atom. The highest BCUT2D eigenvalue weighted by atomic mass is 79.9. The van der Waals surface area contributed by atoms with Crippen LogP contribution in [0.3, 0.4) is 0 Å². The van der Waals surface area contributed by atoms with Crippen LogP contribution in [0.4, 0.5) is 10.5 Å². The first-order valence-electron chi connectivity index (χ1n) is 4.22. The quantitative estimate of drug-likeness (QED) is 0.263. The van der Waals surface area contributed by atoms with Gasteiger partial charge < -0.3 is 5.32 Å². The van der Waals surface area contributed by atoms with E-state index < -0.39 is 6.03 Å². The third-order valence-electron chi connectivity index (χ3n) is 1.87. The zero-order valence-electron chi connectivity index (χ0n) is 8.21. The molecule has 0 atom stereocenters. The first kappa shape index (κ1) is 12.4. The predicted octanol–water partition coefficient (Wildman–Crippen LogP) is 2.30. The minimum atomic E-state index is -0.421. The summed E-state index contributed by atoms with van der Waals surface area (Å²) < 4.78 is 0. The zero-order valence-corrected chi connectivity index (χ0v) is 10.6. The van der Waals surface area contributed by atoms with Crippen LogP contribution >= 0.6 is 27.7 Å². The molecule has 1 aromatic rings. The fourth-order valence-corrected chi connectivity index (χ4v) is 2.60. The van der Waals surface area contributed by atoms with E-state index in [0.29, 0.717) is 5.33 Å². The van der Waals surface area contributed by atoms with E-state index >= 15 is 0 Å². The van der Waals surface area contributed by atoms with Crippen LogP contribution in [-0.4, -0.2) is 12.3 Å². The summed E-state index contributed by atoms with van der Waals surface area (Å²) in [6, 6.07) is 5.32. The molecule has 15 heavy (non-hydrogen) atoms. The standard InChI is InChI=1S/C9H12BrN3OS/c1-15-8-4-2-3-7(6(8)5-10)12-9(14)13-11/h2-4H,5,11H2,1H3,(H2,12,13,14). The maximum absolute atomic E-state index is 11.1. The molecule has 0 aliphatic carbocycles. The van der Waals surface area contributed by atoms with Gasteiger partial charge in [0, 0.05) is 15.9 Å². The number of carbonyl (C=O) groups excluding carboxylic acids is 1. The van der Waals surface area contributed by atoms with E-state index in [2.05, 4.69) is 21.2 Å². The number of hydrazine groups is 1. The van der Waals surface area contributed by atoms with Crippen LogP contribution in [0.5, 0.6) is 0 Å². The molecule has 0 aliphatic heterocycles. The summed E-state index contributed by atoms with van der Waals surface area (Å²) >= 11 is 5.03. The summed E-state index contributed by atoms with van der Waals surface area (Å²) in [5.41, 5.74) is 3.85. The number of amides is 2. The number of alkyl halides is 1. The molecule has 0 bridgehead atoms. The molecule has 2 amide bonds. The first-order chi connectivity index (χ1) is 7.22. The van der Waals surface area contributed by atoms with Gasteiger partial charge in [-0.3, -0.25) is 5.43 Å². The maximum atomic E-state index is 11.1. The zero-order chi connectivity index (χ0) is 11.3. The van der Waals surface area contributed by atoms with Crippen LogP contribution in [0.2, 0.25) is 0 Å². The van der Waals surface area contributed by atoms with E-state index in [1.165, 1.54) is 0 Å². The number of hydrogen-bond donors (Lipinski definition) is 3. The number of benzene rings is 1. The Morgan fingerprint density at radius 1 is 1.60 bits per heavy atom. The van der Waals surface area contributed by atoms with E-state index in [-0.39, 0.29) is 0 Å². The van der Waals surface area contributed by atoms with E-state index in [1.54, 1.807) is 11.8 Å². The van der Waals surface area contributed by atoms with Gasteiger partial charge in [-0.1, -0.05) is 22.0 Å². The lowest BCUT2D eigenvalue weighted by Gasteiger charge is -2.11. The molecule has 0 unspecified atom stereocenters. The Hall–Kier alpha value is -0.720. The first-order valence-corrected chi connectivity index (χ1v) is 6.57. The largest absolute Gasteiger partial charge is 0.333 e. The fourth-order valence-electron chi connectivity index (χ4n) is 1.17. The highest BCUT2D eigenvalue weighted by Crippen LogP contribution is 2.28. The number of nitrogens with one attached hydrogen (secondary N) is 2. The number of nitrogens with two attached hydrogens (primary N) is 1. The van der Waals surface area contributed by atoms with E-state index in [1.807, 2.05) is 29.9 Å². The summed E-state index contributed by atoms with van der Waals surface area (Å²) in [7, 11) is 0. The SMILES string of the molecule is CSc1cccc(NC(=O)NN)c1CBr. The summed E-state index contributed by atoms with van der Waals surface area (Å²) in [5, 5.41) is 3.35. The number of hydrogen-bond acceptors (Lipinski definition) is 3. The molecule has 1 rings (SSSR count). The van der Waals surface area contributed by atoms with Crippen LogP contribution < -0.4 is 16.6 Å². The Morgan fingerprint density at radius 2 is 2.33 bits per heavy atom. The smallest absolute Gasteiger partial charge is 0.307 e. The van der Waals surface area contributed by atoms with Crippen LogP contribution in [0, 0.1) is 0 Å². The second-order valence-corrected chi connectivity index (χ2v) is 4.13. The minimum Gasteiger partial charge on any atom is -0.307 e. The van der Waals surface area contributed by atoms with Gasteiger partial charge in [0.15, 0.2) is 0 Å². The lowest BCUT2D eigenvalue weighted by Crippen LogP contribution is -2.34. The number of thioether (sulfide) groups is 1. The highest BCUT2D eigenvalue weighted by molar-refractivity contribution is 9.08. The average molecular weight is 290 g/mol. The summed E-state index contributed by atoms with van der Waals surface area (Å²) in [6.07, 6.45) is 1.99. The second-order valence-electron chi connectivity index (χ2n) is 2.72. The van der Waals surface area contributed by atoms with Gasteiger partial charge in [0.25, 0.3) is 0 Å². The van der Waals surface area contributed by atoms with Crippen LogP contribution in [-0.2, 0) is 5.33 Å². The molecule has 0 aromatic heterocycles. The second kappa shape index (κ2) is 5.99. The lowest BCUT2D eigenvalue weighted by atomic mass is 10.2. The Bertz CT molecular complexity index is 359. The topological polar surface area (TPSA) is 67.2 Å². The summed E-state index contributed by atoms with van der Waals surface area (Å²) in [4.78, 5) is 12.2. The number of halogens is 1. The van der Waals surface area contributed by atoms with Crippen molar-refractivity contribution in [1.29, 1.82) is 0 Å². The number of anilines is 1. The molecule has 4 N–H and O–H groups in total. The summed E-state index contributed by atoms with van der Waals surface area (Å²) in [6.45, 7) is 0. The predicted molar refractivity (Wildman–Crippen MR) is 67.2 cm³/mol. The third-order valence-corrected chi connectivity index (χ3v) is 3.25. The van der Waals surface area contributed by atoms with Crippen LogP contribution in [0.25, 0.3) is 0 Å². The van der Waals surface area contributed by atoms with Crippen molar-refractivity contribution in [2.24, 2.45) is 5.84 Å². The molecule has 82 valence electrons. The fraction of sp³-hybridized carbons (Fsp3) is 0.222. The van der Waals surface area contributed by atoms with Gasteiger partial charge >= 0.3 is 6.03 Å². The van der Waals surface area contributed by atoms with Gasteiger partial charge in [-0.25, -0.2) is 10.6 Å². The van der Waals surface area contributed by atoms with Gasteiger partial charge in [0.05, 0.1) is 0 Å². The Labute approximate surface area is 101 Å². The van der Waals surface area contributed by atoms with Crippen LogP contribution in [0.1, 0.15) is 5.56 Å². The molecule has 4 nitrogen and oxygen atoms in total. The van der Waals surface area contributed by atoms with E-state index in [9.17, 15) is 4.79 Å². The molecular formula is C9H12BrN3OS. The summed E-state index contributed by atoms with van der Waals surface area (Å²) in [5.74, 6) is 5.00. The third kappa shape index (κ3) is 3.12. The molecule has 0 saturated heterocycles. The molecule has 0 aliphatic rings. The molecule has 1 aromatic carbocycles. The molecule has 6 heteroatoms. The molecule has 0 heterocycles. The van der Waals surface area contributed by atoms with Gasteiger partial charge in [0.1, 0.15) is 0 Å². The molecule has 0 radical (unpaired) electrons. The van der Waals surface area contributed by atoms with Gasteiger partial charge in [-0.15, -0.1) is 11.8 Å². The van der Waals surface area contributed by atoms with Crippen molar-refractivity contribution in [3.8, 4) is 0 Å². The Balaban J connectivity index is 3.00. The van der Waals surface area contributed by atoms with E-state index in [4.69, 9.17) is 5.84 Å². The van der Waals surface area contributed by atoms with Crippen molar-refractivity contribution in [1.82, 2.24) is 5.43 Å². The lowest BCUT2D eigenvalue weighted by molar-refractivity contribution is 0.252. The monoisotopic (exact) mass is 289 g/mol. The van der Waals surface area contributed by atoms with Crippen molar-refractivity contribution in [2.45, 2.75) is 10.2 Å². The Kier molecular flexibility index (Phi) is 4.93.